The zero-order valence-electron chi connectivity index (χ0n) is 18.6. The van der Waals surface area contributed by atoms with Gasteiger partial charge >= 0.3 is 0 Å². The van der Waals surface area contributed by atoms with E-state index in [-0.39, 0.29) is 46.0 Å². The predicted octanol–water partition coefficient (Wildman–Crippen LogP) is 4.39. The van der Waals surface area contributed by atoms with Gasteiger partial charge in [0, 0.05) is 0 Å². The van der Waals surface area contributed by atoms with Gasteiger partial charge in [-0.3, -0.25) is 0 Å². The Bertz CT molecular complexity index is 1220. The molecule has 182 valence electrons. The number of hydrogen-bond donors (Lipinski definition) is 8. The van der Waals surface area contributed by atoms with E-state index in [2.05, 4.69) is 0 Å². The minimum absolute atomic E-state index is 0.138. The van der Waals surface area contributed by atoms with Crippen LogP contribution in [0.1, 0.15) is 22.3 Å². The van der Waals surface area contributed by atoms with Gasteiger partial charge in [0.2, 0.25) is 0 Å². The average Bonchev–Trinajstić information content (AvgIpc) is 2.82. The highest BCUT2D eigenvalue weighted by molar-refractivity contribution is 5.45. The molecular formula is C27H26O8. The molecule has 0 amide bonds. The molecule has 0 radical (unpaired) electrons. The standard InChI is InChI=1S/C14H14O4.C13H12O4/c15-11-5-3-9(7-13(11)17)1-2-10-4-6-12(16)14(18)8-10;14-10-3-1-8(6-12(10)16)5-9-2-4-11(15)13(17)7-9/h3-8,15-18H,1-2H2;1-4,6-7,14-17H,5H2. The highest BCUT2D eigenvalue weighted by atomic mass is 16.3. The van der Waals surface area contributed by atoms with E-state index < -0.39 is 0 Å². The van der Waals surface area contributed by atoms with Gasteiger partial charge in [0.05, 0.1) is 0 Å². The molecule has 4 aromatic rings. The molecule has 0 aliphatic carbocycles. The van der Waals surface area contributed by atoms with Crippen LogP contribution in [0.2, 0.25) is 0 Å². The quantitative estimate of drug-likeness (QED) is 0.196. The summed E-state index contributed by atoms with van der Waals surface area (Å²) in [6.07, 6.45) is 1.82. The second kappa shape index (κ2) is 10.9. The molecule has 0 aromatic heterocycles. The maximum absolute atomic E-state index is 9.35. The summed E-state index contributed by atoms with van der Waals surface area (Å²) in [5.41, 5.74) is 3.37. The minimum Gasteiger partial charge on any atom is -0.504 e. The summed E-state index contributed by atoms with van der Waals surface area (Å²) in [6, 6.07) is 18.5. The van der Waals surface area contributed by atoms with Crippen LogP contribution in [0, 0.1) is 0 Å². The van der Waals surface area contributed by atoms with Crippen molar-refractivity contribution in [3.05, 3.63) is 95.1 Å². The van der Waals surface area contributed by atoms with Crippen molar-refractivity contribution in [1.82, 2.24) is 0 Å². The van der Waals surface area contributed by atoms with Crippen LogP contribution in [0.5, 0.6) is 46.0 Å². The van der Waals surface area contributed by atoms with E-state index in [0.717, 1.165) is 22.3 Å². The maximum Gasteiger partial charge on any atom is 0.157 e. The number of hydrogen-bond acceptors (Lipinski definition) is 8. The fourth-order valence-electron chi connectivity index (χ4n) is 3.33. The topological polar surface area (TPSA) is 162 Å². The Hall–Kier alpha value is -4.72. The van der Waals surface area contributed by atoms with Crippen molar-refractivity contribution in [2.45, 2.75) is 19.3 Å². The van der Waals surface area contributed by atoms with E-state index >= 15 is 0 Å². The molecule has 0 aliphatic rings. The average molecular weight is 478 g/mol. The van der Waals surface area contributed by atoms with E-state index in [4.69, 9.17) is 10.2 Å². The van der Waals surface area contributed by atoms with Crippen LogP contribution in [0.25, 0.3) is 0 Å². The lowest BCUT2D eigenvalue weighted by atomic mass is 10.0. The fourth-order valence-corrected chi connectivity index (χ4v) is 3.33. The van der Waals surface area contributed by atoms with Gasteiger partial charge < -0.3 is 40.9 Å². The third kappa shape index (κ3) is 6.88. The SMILES string of the molecule is Oc1ccc(CCc2ccc(O)c(O)c2)cc1O.Oc1ccc(Cc2ccc(O)c(O)c2)cc1O. The van der Waals surface area contributed by atoms with E-state index in [0.29, 0.717) is 19.3 Å². The van der Waals surface area contributed by atoms with Crippen molar-refractivity contribution in [2.75, 3.05) is 0 Å². The lowest BCUT2D eigenvalue weighted by Crippen LogP contribution is -1.91. The van der Waals surface area contributed by atoms with Gasteiger partial charge in [0.25, 0.3) is 0 Å². The predicted molar refractivity (Wildman–Crippen MR) is 129 cm³/mol. The molecule has 8 heteroatoms. The van der Waals surface area contributed by atoms with Crippen molar-refractivity contribution >= 4 is 0 Å². The van der Waals surface area contributed by atoms with Crippen molar-refractivity contribution < 1.29 is 40.9 Å². The van der Waals surface area contributed by atoms with Gasteiger partial charge in [0.1, 0.15) is 0 Å². The lowest BCUT2D eigenvalue weighted by Gasteiger charge is -2.05. The number of benzene rings is 4. The Labute approximate surface area is 201 Å². The van der Waals surface area contributed by atoms with Crippen LogP contribution >= 0.6 is 0 Å². The zero-order chi connectivity index (χ0) is 25.5. The van der Waals surface area contributed by atoms with Crippen LogP contribution in [-0.4, -0.2) is 40.9 Å². The van der Waals surface area contributed by atoms with Gasteiger partial charge in [-0.2, -0.15) is 0 Å². The summed E-state index contributed by atoms with van der Waals surface area (Å²) < 4.78 is 0. The van der Waals surface area contributed by atoms with E-state index in [1.807, 2.05) is 0 Å². The second-order valence-electron chi connectivity index (χ2n) is 7.97. The first-order valence-corrected chi connectivity index (χ1v) is 10.7. The van der Waals surface area contributed by atoms with Gasteiger partial charge in [-0.1, -0.05) is 24.3 Å². The third-order valence-electron chi connectivity index (χ3n) is 5.27. The molecule has 8 N–H and O–H groups in total. The normalized spacial score (nSPS) is 10.4. The first-order chi connectivity index (χ1) is 16.6. The summed E-state index contributed by atoms with van der Waals surface area (Å²) in [7, 11) is 0. The van der Waals surface area contributed by atoms with Crippen molar-refractivity contribution in [1.29, 1.82) is 0 Å². The molecule has 8 nitrogen and oxygen atoms in total. The Morgan fingerprint density at radius 2 is 0.571 bits per heavy atom. The molecule has 0 fully saturated rings. The van der Waals surface area contributed by atoms with Crippen LogP contribution in [-0.2, 0) is 19.3 Å². The smallest absolute Gasteiger partial charge is 0.157 e. The number of phenols is 8. The van der Waals surface area contributed by atoms with Crippen molar-refractivity contribution in [2.24, 2.45) is 0 Å². The minimum atomic E-state index is -0.175. The van der Waals surface area contributed by atoms with Crippen molar-refractivity contribution in [3.8, 4) is 46.0 Å². The number of phenolic OH excluding ortho intramolecular Hbond substituents is 8. The lowest BCUT2D eigenvalue weighted by molar-refractivity contribution is 0.402. The number of aromatic hydroxyl groups is 8. The summed E-state index contributed by atoms with van der Waals surface area (Å²) >= 11 is 0. The van der Waals surface area contributed by atoms with E-state index in [9.17, 15) is 30.6 Å². The van der Waals surface area contributed by atoms with Gasteiger partial charge in [-0.15, -0.1) is 0 Å². The van der Waals surface area contributed by atoms with E-state index in [1.165, 1.54) is 48.5 Å². The molecule has 0 aliphatic heterocycles. The zero-order valence-corrected chi connectivity index (χ0v) is 18.6. The highest BCUT2D eigenvalue weighted by Gasteiger charge is 2.05. The van der Waals surface area contributed by atoms with Crippen LogP contribution < -0.4 is 0 Å². The molecule has 0 spiro atoms. The molecule has 4 aromatic carbocycles. The van der Waals surface area contributed by atoms with Crippen LogP contribution in [0.4, 0.5) is 0 Å². The van der Waals surface area contributed by atoms with Crippen LogP contribution in [0.15, 0.2) is 72.8 Å². The molecule has 0 bridgehead atoms. The Balaban J connectivity index is 0.000000196. The Morgan fingerprint density at radius 1 is 0.314 bits per heavy atom. The summed E-state index contributed by atoms with van der Waals surface area (Å²) in [5.74, 6) is -1.23. The van der Waals surface area contributed by atoms with Gasteiger partial charge in [-0.25, -0.2) is 0 Å². The monoisotopic (exact) mass is 478 g/mol. The first kappa shape index (κ1) is 24.9. The third-order valence-corrected chi connectivity index (χ3v) is 5.27. The molecule has 0 heterocycles. The van der Waals surface area contributed by atoms with Gasteiger partial charge in [-0.05, 0) is 90.0 Å². The maximum atomic E-state index is 9.35. The second-order valence-corrected chi connectivity index (χ2v) is 7.97. The largest absolute Gasteiger partial charge is 0.504 e. The van der Waals surface area contributed by atoms with Gasteiger partial charge in [0.15, 0.2) is 46.0 Å². The molecule has 0 unspecified atom stereocenters. The van der Waals surface area contributed by atoms with Crippen molar-refractivity contribution in [3.63, 3.8) is 0 Å². The Morgan fingerprint density at radius 3 is 0.857 bits per heavy atom. The molecular weight excluding hydrogens is 452 g/mol. The Kier molecular flexibility index (Phi) is 7.78. The fraction of sp³-hybridized carbons (Fsp3) is 0.111. The van der Waals surface area contributed by atoms with E-state index in [1.54, 1.807) is 24.3 Å². The summed E-state index contributed by atoms with van der Waals surface area (Å²) in [6.45, 7) is 0. The molecule has 0 saturated heterocycles. The summed E-state index contributed by atoms with van der Waals surface area (Å²) in [5, 5.41) is 74.1. The number of rotatable bonds is 5. The number of aryl methyl sites for hydroxylation is 2. The molecule has 35 heavy (non-hydrogen) atoms. The molecule has 0 atom stereocenters. The van der Waals surface area contributed by atoms with Crippen LogP contribution in [0.3, 0.4) is 0 Å². The first-order valence-electron chi connectivity index (χ1n) is 10.7. The highest BCUT2D eigenvalue weighted by Crippen LogP contribution is 2.30. The summed E-state index contributed by atoms with van der Waals surface area (Å²) in [4.78, 5) is 0. The molecule has 0 saturated carbocycles. The molecule has 4 rings (SSSR count).